The van der Waals surface area contributed by atoms with Crippen LogP contribution in [0.25, 0.3) is 0 Å². The molecule has 1 aromatic heterocycles. The molecule has 0 saturated heterocycles. The van der Waals surface area contributed by atoms with E-state index in [1.165, 1.54) is 12.8 Å². The topological polar surface area (TPSA) is 63.8 Å². The Balaban J connectivity index is 2.39. The number of hydrogen-bond donors (Lipinski definition) is 2. The average molecular weight is 209 g/mol. The van der Waals surface area contributed by atoms with Crippen LogP contribution >= 0.6 is 0 Å². The van der Waals surface area contributed by atoms with Gasteiger partial charge in [0.15, 0.2) is 0 Å². The Bertz CT molecular complexity index is 385. The Morgan fingerprint density at radius 3 is 2.60 bits per heavy atom. The van der Waals surface area contributed by atoms with Crippen molar-refractivity contribution < 1.29 is 0 Å². The molecule has 1 heterocycles. The van der Waals surface area contributed by atoms with E-state index in [4.69, 9.17) is 5.73 Å². The summed E-state index contributed by atoms with van der Waals surface area (Å²) in [4.78, 5) is 12.0. The van der Waals surface area contributed by atoms with E-state index in [1.54, 1.807) is 4.68 Å². The summed E-state index contributed by atoms with van der Waals surface area (Å²) in [5.74, 6) is 0. The lowest BCUT2D eigenvalue weighted by molar-refractivity contribution is 0.451. The normalized spacial score (nSPS) is 17.5. The molecule has 1 fully saturated rings. The number of nitrogens with one attached hydrogen (secondary N) is 1. The Labute approximate surface area is 89.5 Å². The molecule has 0 aromatic carbocycles. The second-order valence-electron chi connectivity index (χ2n) is 4.24. The highest BCUT2D eigenvalue weighted by Crippen LogP contribution is 2.27. The second-order valence-corrected chi connectivity index (χ2v) is 4.24. The Morgan fingerprint density at radius 1 is 1.47 bits per heavy atom. The molecule has 4 nitrogen and oxygen atoms in total. The first-order chi connectivity index (χ1) is 7.27. The van der Waals surface area contributed by atoms with E-state index < -0.39 is 0 Å². The Morgan fingerprint density at radius 2 is 2.13 bits per heavy atom. The lowest BCUT2D eigenvalue weighted by atomic mass is 10.2. The van der Waals surface area contributed by atoms with E-state index in [2.05, 4.69) is 5.10 Å². The minimum absolute atomic E-state index is 0.0984. The van der Waals surface area contributed by atoms with E-state index in [9.17, 15) is 4.79 Å². The summed E-state index contributed by atoms with van der Waals surface area (Å²) in [7, 11) is 0. The molecule has 84 valence electrons. The summed E-state index contributed by atoms with van der Waals surface area (Å²) < 4.78 is 1.80. The highest BCUT2D eigenvalue weighted by atomic mass is 16.1. The third kappa shape index (κ3) is 1.74. The monoisotopic (exact) mass is 209 g/mol. The van der Waals surface area contributed by atoms with Crippen LogP contribution in [0.4, 0.5) is 0 Å². The van der Waals surface area contributed by atoms with Crippen LogP contribution in [0.5, 0.6) is 0 Å². The van der Waals surface area contributed by atoms with Crippen molar-refractivity contribution in [2.75, 3.05) is 0 Å². The number of hydrogen-bond acceptors (Lipinski definition) is 2. The van der Waals surface area contributed by atoms with Crippen LogP contribution in [0.1, 0.15) is 49.9 Å². The van der Waals surface area contributed by atoms with Gasteiger partial charge in [-0.1, -0.05) is 19.8 Å². The van der Waals surface area contributed by atoms with E-state index >= 15 is 0 Å². The summed E-state index contributed by atoms with van der Waals surface area (Å²) in [6.45, 7) is 2.39. The fraction of sp³-hybridized carbons (Fsp3) is 0.727. The molecule has 0 radical (unpaired) electrons. The first-order valence-corrected chi connectivity index (χ1v) is 5.80. The molecule has 4 heteroatoms. The van der Waals surface area contributed by atoms with Crippen molar-refractivity contribution in [1.29, 1.82) is 0 Å². The number of rotatable bonds is 3. The summed E-state index contributed by atoms with van der Waals surface area (Å²) in [5, 5.41) is 3.22. The largest absolute Gasteiger partial charge is 0.326 e. The molecule has 15 heavy (non-hydrogen) atoms. The zero-order chi connectivity index (χ0) is 10.8. The van der Waals surface area contributed by atoms with Crippen molar-refractivity contribution in [2.45, 2.75) is 51.6 Å². The summed E-state index contributed by atoms with van der Waals surface area (Å²) in [5.41, 5.74) is 7.48. The van der Waals surface area contributed by atoms with Crippen molar-refractivity contribution in [2.24, 2.45) is 5.73 Å². The van der Waals surface area contributed by atoms with Gasteiger partial charge in [-0.2, -0.15) is 0 Å². The van der Waals surface area contributed by atoms with Gasteiger partial charge < -0.3 is 5.73 Å². The average Bonchev–Trinajstić information content (AvgIpc) is 2.84. The molecular weight excluding hydrogens is 190 g/mol. The first-order valence-electron chi connectivity index (χ1n) is 5.80. The van der Waals surface area contributed by atoms with Gasteiger partial charge in [0.1, 0.15) is 0 Å². The van der Waals surface area contributed by atoms with Crippen LogP contribution in [-0.4, -0.2) is 9.78 Å². The number of nitrogens with zero attached hydrogens (tertiary/aromatic N) is 1. The van der Waals surface area contributed by atoms with Crippen molar-refractivity contribution in [1.82, 2.24) is 9.78 Å². The van der Waals surface area contributed by atoms with Crippen molar-refractivity contribution in [3.05, 3.63) is 21.6 Å². The van der Waals surface area contributed by atoms with Gasteiger partial charge in [-0.05, 0) is 19.3 Å². The molecule has 2 rings (SSSR count). The Hall–Kier alpha value is -1.03. The lowest BCUT2D eigenvalue weighted by Gasteiger charge is -2.09. The van der Waals surface area contributed by atoms with Crippen molar-refractivity contribution >= 4 is 0 Å². The van der Waals surface area contributed by atoms with Crippen LogP contribution < -0.4 is 11.3 Å². The van der Waals surface area contributed by atoms with Gasteiger partial charge in [-0.25, -0.2) is 4.68 Å². The van der Waals surface area contributed by atoms with Crippen LogP contribution in [-0.2, 0) is 13.0 Å². The minimum atomic E-state index is 0.0984. The Kier molecular flexibility index (Phi) is 2.95. The van der Waals surface area contributed by atoms with Crippen LogP contribution in [0.15, 0.2) is 4.79 Å². The van der Waals surface area contributed by atoms with Gasteiger partial charge in [0, 0.05) is 12.2 Å². The zero-order valence-corrected chi connectivity index (χ0v) is 9.25. The molecule has 1 aromatic rings. The predicted molar refractivity (Wildman–Crippen MR) is 59.8 cm³/mol. The van der Waals surface area contributed by atoms with Crippen LogP contribution in [0.2, 0.25) is 0 Å². The maximum atomic E-state index is 12.0. The van der Waals surface area contributed by atoms with Gasteiger partial charge in [0.2, 0.25) is 0 Å². The number of H-pyrrole nitrogens is 1. The van der Waals surface area contributed by atoms with E-state index in [-0.39, 0.29) is 5.56 Å². The lowest BCUT2D eigenvalue weighted by Crippen LogP contribution is -2.23. The van der Waals surface area contributed by atoms with Gasteiger partial charge >= 0.3 is 0 Å². The molecule has 1 aliphatic rings. The molecule has 3 N–H and O–H groups in total. The minimum Gasteiger partial charge on any atom is -0.326 e. The highest BCUT2D eigenvalue weighted by Gasteiger charge is 2.21. The van der Waals surface area contributed by atoms with Gasteiger partial charge in [0.05, 0.1) is 11.6 Å². The SMILES string of the molecule is CCc1[nH]n(C2CCCC2)c(=O)c1CN. The van der Waals surface area contributed by atoms with Crippen LogP contribution in [0.3, 0.4) is 0 Å². The van der Waals surface area contributed by atoms with Gasteiger partial charge in [-0.15, -0.1) is 0 Å². The van der Waals surface area contributed by atoms with E-state index in [1.807, 2.05) is 6.92 Å². The molecule has 0 amide bonds. The first kappa shape index (κ1) is 10.5. The number of nitrogens with two attached hydrogens (primary N) is 1. The molecule has 0 atom stereocenters. The highest BCUT2D eigenvalue weighted by molar-refractivity contribution is 5.17. The smallest absolute Gasteiger partial charge is 0.271 e. The predicted octanol–water partition coefficient (Wildman–Crippen LogP) is 1.31. The van der Waals surface area contributed by atoms with Gasteiger partial charge in [0.25, 0.3) is 5.56 Å². The number of aromatic nitrogens is 2. The van der Waals surface area contributed by atoms with Gasteiger partial charge in [-0.3, -0.25) is 9.89 Å². The number of aryl methyl sites for hydroxylation is 1. The summed E-state index contributed by atoms with van der Waals surface area (Å²) >= 11 is 0. The summed E-state index contributed by atoms with van der Waals surface area (Å²) in [6, 6.07) is 0.378. The maximum Gasteiger partial charge on any atom is 0.271 e. The molecule has 1 aliphatic carbocycles. The summed E-state index contributed by atoms with van der Waals surface area (Å²) in [6.07, 6.45) is 5.55. The van der Waals surface area contributed by atoms with Crippen molar-refractivity contribution in [3.8, 4) is 0 Å². The molecule has 0 bridgehead atoms. The second kappa shape index (κ2) is 4.23. The third-order valence-corrected chi connectivity index (χ3v) is 3.34. The fourth-order valence-electron chi connectivity index (χ4n) is 2.46. The molecule has 1 saturated carbocycles. The zero-order valence-electron chi connectivity index (χ0n) is 9.25. The van der Waals surface area contributed by atoms with E-state index in [0.29, 0.717) is 12.6 Å². The third-order valence-electron chi connectivity index (χ3n) is 3.34. The molecule has 0 unspecified atom stereocenters. The quantitative estimate of drug-likeness (QED) is 0.788. The number of aromatic amines is 1. The maximum absolute atomic E-state index is 12.0. The van der Waals surface area contributed by atoms with Crippen molar-refractivity contribution in [3.63, 3.8) is 0 Å². The molecular formula is C11H19N3O. The van der Waals surface area contributed by atoms with E-state index in [0.717, 1.165) is 30.5 Å². The van der Waals surface area contributed by atoms with Crippen LogP contribution in [0, 0.1) is 0 Å². The standard InChI is InChI=1S/C11H19N3O/c1-2-10-9(7-12)11(15)14(13-10)8-5-3-4-6-8/h8,13H,2-7,12H2,1H3. The fourth-order valence-corrected chi connectivity index (χ4v) is 2.46. The molecule has 0 spiro atoms. The molecule has 0 aliphatic heterocycles.